The van der Waals surface area contributed by atoms with Crippen molar-refractivity contribution in [2.75, 3.05) is 13.2 Å². The maximum Gasteiger partial charge on any atom is 0.141 e. The van der Waals surface area contributed by atoms with Crippen LogP contribution in [0.3, 0.4) is 0 Å². The number of hydrogen-bond acceptors (Lipinski definition) is 3. The van der Waals surface area contributed by atoms with Gasteiger partial charge < -0.3 is 10.1 Å². The van der Waals surface area contributed by atoms with Crippen LogP contribution in [0.2, 0.25) is 0 Å². The Bertz CT molecular complexity index is 331. The molecular weight excluding hydrogens is 219 g/mol. The monoisotopic (exact) mass is 240 g/mol. The van der Waals surface area contributed by atoms with Crippen LogP contribution in [-0.2, 0) is 4.74 Å². The molecule has 0 saturated heterocycles. The van der Waals surface area contributed by atoms with Gasteiger partial charge in [0.05, 0.1) is 12.3 Å². The summed E-state index contributed by atoms with van der Waals surface area (Å²) in [7, 11) is 0. The smallest absolute Gasteiger partial charge is 0.141 e. The predicted octanol–water partition coefficient (Wildman–Crippen LogP) is 2.69. The first-order valence-corrected chi connectivity index (χ1v) is 6.05. The topological polar surface area (TPSA) is 34.1 Å². The summed E-state index contributed by atoms with van der Waals surface area (Å²) in [6.07, 6.45) is 4.13. The Balaban J connectivity index is 2.23. The molecule has 0 aliphatic rings. The van der Waals surface area contributed by atoms with Gasteiger partial charge in [-0.05, 0) is 45.4 Å². The first-order valence-electron chi connectivity index (χ1n) is 6.05. The summed E-state index contributed by atoms with van der Waals surface area (Å²) in [5.41, 5.74) is 0.870. The van der Waals surface area contributed by atoms with Gasteiger partial charge in [-0.2, -0.15) is 0 Å². The van der Waals surface area contributed by atoms with Gasteiger partial charge in [0.1, 0.15) is 5.82 Å². The van der Waals surface area contributed by atoms with Gasteiger partial charge in [0.25, 0.3) is 0 Å². The highest BCUT2D eigenvalue weighted by Crippen LogP contribution is 2.11. The second-order valence-corrected chi connectivity index (χ2v) is 4.39. The molecule has 0 radical (unpaired) electrons. The Morgan fingerprint density at radius 2 is 2.12 bits per heavy atom. The maximum absolute atomic E-state index is 12.9. The lowest BCUT2D eigenvalue weighted by molar-refractivity contribution is 0.0768. The first kappa shape index (κ1) is 14.1. The van der Waals surface area contributed by atoms with Gasteiger partial charge in [-0.3, -0.25) is 4.98 Å². The standard InChI is InChI=1S/C13H21FN2O/c1-10(2)17-6-4-5-16-11(3)12-7-13(14)9-15-8-12/h7-11,16H,4-6H2,1-3H3. The second-order valence-electron chi connectivity index (χ2n) is 4.39. The Morgan fingerprint density at radius 3 is 2.76 bits per heavy atom. The van der Waals surface area contributed by atoms with Crippen LogP contribution in [0.15, 0.2) is 18.5 Å². The Labute approximate surface area is 102 Å². The van der Waals surface area contributed by atoms with E-state index in [-0.39, 0.29) is 18.0 Å². The summed E-state index contributed by atoms with van der Waals surface area (Å²) >= 11 is 0. The van der Waals surface area contributed by atoms with Crippen molar-refractivity contribution in [3.8, 4) is 0 Å². The summed E-state index contributed by atoms with van der Waals surface area (Å²) in [5.74, 6) is -0.292. The summed E-state index contributed by atoms with van der Waals surface area (Å²) in [5, 5.41) is 3.31. The minimum Gasteiger partial charge on any atom is -0.379 e. The molecule has 1 aromatic rings. The van der Waals surface area contributed by atoms with E-state index in [1.807, 2.05) is 20.8 Å². The van der Waals surface area contributed by atoms with Crippen LogP contribution in [0.25, 0.3) is 0 Å². The highest BCUT2D eigenvalue weighted by atomic mass is 19.1. The Morgan fingerprint density at radius 1 is 1.35 bits per heavy atom. The molecule has 1 unspecified atom stereocenters. The fraction of sp³-hybridized carbons (Fsp3) is 0.615. The lowest BCUT2D eigenvalue weighted by atomic mass is 10.1. The fourth-order valence-electron chi connectivity index (χ4n) is 1.49. The SMILES string of the molecule is CC(C)OCCCNC(C)c1cncc(F)c1. The van der Waals surface area contributed by atoms with E-state index in [0.29, 0.717) is 0 Å². The predicted molar refractivity (Wildman–Crippen MR) is 66.3 cm³/mol. The highest BCUT2D eigenvalue weighted by molar-refractivity contribution is 5.14. The van der Waals surface area contributed by atoms with Gasteiger partial charge in [0, 0.05) is 18.8 Å². The zero-order valence-electron chi connectivity index (χ0n) is 10.7. The number of hydrogen-bond donors (Lipinski definition) is 1. The molecule has 3 nitrogen and oxygen atoms in total. The average molecular weight is 240 g/mol. The Kier molecular flexibility index (Phi) is 6.08. The van der Waals surface area contributed by atoms with E-state index in [0.717, 1.165) is 25.1 Å². The number of halogens is 1. The molecule has 1 N–H and O–H groups in total. The molecule has 4 heteroatoms. The van der Waals surface area contributed by atoms with Crippen LogP contribution in [-0.4, -0.2) is 24.2 Å². The molecule has 0 saturated carbocycles. The van der Waals surface area contributed by atoms with Crippen molar-refractivity contribution in [1.29, 1.82) is 0 Å². The number of aromatic nitrogens is 1. The molecule has 0 aliphatic carbocycles. The molecule has 96 valence electrons. The zero-order valence-corrected chi connectivity index (χ0v) is 10.7. The summed E-state index contributed by atoms with van der Waals surface area (Å²) in [6, 6.07) is 1.62. The molecule has 0 spiro atoms. The van der Waals surface area contributed by atoms with Crippen molar-refractivity contribution in [2.24, 2.45) is 0 Å². The lowest BCUT2D eigenvalue weighted by Crippen LogP contribution is -2.21. The van der Waals surface area contributed by atoms with Gasteiger partial charge in [-0.15, -0.1) is 0 Å². The molecule has 1 rings (SSSR count). The third-order valence-corrected chi connectivity index (χ3v) is 2.45. The van der Waals surface area contributed by atoms with Crippen LogP contribution in [0, 0.1) is 5.82 Å². The molecule has 0 bridgehead atoms. The molecule has 0 aromatic carbocycles. The van der Waals surface area contributed by atoms with Crippen LogP contribution in [0.4, 0.5) is 4.39 Å². The molecule has 0 fully saturated rings. The van der Waals surface area contributed by atoms with E-state index >= 15 is 0 Å². The van der Waals surface area contributed by atoms with Crippen molar-refractivity contribution >= 4 is 0 Å². The van der Waals surface area contributed by atoms with Gasteiger partial charge in [0.15, 0.2) is 0 Å². The van der Waals surface area contributed by atoms with Crippen molar-refractivity contribution < 1.29 is 9.13 Å². The van der Waals surface area contributed by atoms with Crippen molar-refractivity contribution in [1.82, 2.24) is 10.3 Å². The van der Waals surface area contributed by atoms with Crippen LogP contribution >= 0.6 is 0 Å². The Hall–Kier alpha value is -1.00. The second kappa shape index (κ2) is 7.35. The molecule has 1 aromatic heterocycles. The molecular formula is C13H21FN2O. The van der Waals surface area contributed by atoms with Crippen molar-refractivity contribution in [3.63, 3.8) is 0 Å². The van der Waals surface area contributed by atoms with Crippen LogP contribution in [0.1, 0.15) is 38.8 Å². The third kappa shape index (κ3) is 5.75. The quantitative estimate of drug-likeness (QED) is 0.744. The number of nitrogens with one attached hydrogen (secondary N) is 1. The van der Waals surface area contributed by atoms with Crippen LogP contribution < -0.4 is 5.32 Å². The maximum atomic E-state index is 12.9. The molecule has 17 heavy (non-hydrogen) atoms. The molecule has 0 amide bonds. The molecule has 1 atom stereocenters. The summed E-state index contributed by atoms with van der Waals surface area (Å²) in [6.45, 7) is 7.64. The summed E-state index contributed by atoms with van der Waals surface area (Å²) < 4.78 is 18.4. The molecule has 0 aliphatic heterocycles. The van der Waals surface area contributed by atoms with Crippen LogP contribution in [0.5, 0.6) is 0 Å². The van der Waals surface area contributed by atoms with Crippen molar-refractivity contribution in [3.05, 3.63) is 29.8 Å². The normalized spacial score (nSPS) is 13.0. The number of pyridine rings is 1. The highest BCUT2D eigenvalue weighted by Gasteiger charge is 2.05. The fourth-order valence-corrected chi connectivity index (χ4v) is 1.49. The van der Waals surface area contributed by atoms with E-state index in [2.05, 4.69) is 10.3 Å². The minimum absolute atomic E-state index is 0.109. The third-order valence-electron chi connectivity index (χ3n) is 2.45. The van der Waals surface area contributed by atoms with Gasteiger partial charge in [-0.1, -0.05) is 0 Å². The average Bonchev–Trinajstić information content (AvgIpc) is 2.28. The number of nitrogens with zero attached hydrogens (tertiary/aromatic N) is 1. The summed E-state index contributed by atoms with van der Waals surface area (Å²) in [4.78, 5) is 3.83. The number of ether oxygens (including phenoxy) is 1. The van der Waals surface area contributed by atoms with Crippen molar-refractivity contribution in [2.45, 2.75) is 39.3 Å². The van der Waals surface area contributed by atoms with Gasteiger partial charge >= 0.3 is 0 Å². The lowest BCUT2D eigenvalue weighted by Gasteiger charge is -2.14. The first-order chi connectivity index (χ1) is 8.09. The largest absolute Gasteiger partial charge is 0.379 e. The molecule has 1 heterocycles. The zero-order chi connectivity index (χ0) is 12.7. The van der Waals surface area contributed by atoms with Gasteiger partial charge in [0.2, 0.25) is 0 Å². The van der Waals surface area contributed by atoms with E-state index in [1.165, 1.54) is 12.3 Å². The van der Waals surface area contributed by atoms with E-state index < -0.39 is 0 Å². The van der Waals surface area contributed by atoms with E-state index in [1.54, 1.807) is 6.20 Å². The van der Waals surface area contributed by atoms with E-state index in [4.69, 9.17) is 4.74 Å². The van der Waals surface area contributed by atoms with E-state index in [9.17, 15) is 4.39 Å². The minimum atomic E-state index is -0.292. The van der Waals surface area contributed by atoms with Gasteiger partial charge in [-0.25, -0.2) is 4.39 Å². The number of rotatable bonds is 7.